The molecule has 126 valence electrons. The van der Waals surface area contributed by atoms with Crippen LogP contribution in [0.3, 0.4) is 0 Å². The molecule has 0 saturated heterocycles. The molecule has 0 radical (unpaired) electrons. The lowest BCUT2D eigenvalue weighted by molar-refractivity contribution is 0.0684. The Bertz CT molecular complexity index is 697. The summed E-state index contributed by atoms with van der Waals surface area (Å²) >= 11 is 0. The van der Waals surface area contributed by atoms with Gasteiger partial charge in [-0.25, -0.2) is 9.59 Å². The number of unbranched alkanes of at least 4 members (excludes halogenated alkanes) is 1. The Hall–Kier alpha value is -2.62. The minimum Gasteiger partial charge on any atom is -0.478 e. The van der Waals surface area contributed by atoms with Crippen LogP contribution in [0.2, 0.25) is 0 Å². The number of carboxylic acid groups (broad SMARTS) is 2. The van der Waals surface area contributed by atoms with Crippen LogP contribution in [0.5, 0.6) is 0 Å². The van der Waals surface area contributed by atoms with Crippen LogP contribution in [-0.2, 0) is 12.8 Å². The van der Waals surface area contributed by atoms with E-state index in [4.69, 9.17) is 0 Å². The summed E-state index contributed by atoms with van der Waals surface area (Å²) in [5.41, 5.74) is 4.46. The highest BCUT2D eigenvalue weighted by atomic mass is 16.4. The summed E-state index contributed by atoms with van der Waals surface area (Å²) in [5, 5.41) is 18.5. The average molecular weight is 326 g/mol. The van der Waals surface area contributed by atoms with E-state index in [2.05, 4.69) is 0 Å². The van der Waals surface area contributed by atoms with E-state index in [1.54, 1.807) is 24.3 Å². The number of carboxylic acids is 2. The van der Waals surface area contributed by atoms with Crippen molar-refractivity contribution in [2.75, 3.05) is 0 Å². The van der Waals surface area contributed by atoms with Gasteiger partial charge < -0.3 is 10.2 Å². The molecule has 0 aliphatic carbocycles. The molecule has 4 heteroatoms. The second-order valence-corrected chi connectivity index (χ2v) is 6.14. The third-order valence-corrected chi connectivity index (χ3v) is 4.12. The van der Waals surface area contributed by atoms with Crippen molar-refractivity contribution in [3.05, 3.63) is 69.8 Å². The van der Waals surface area contributed by atoms with Crippen molar-refractivity contribution in [3.8, 4) is 0 Å². The summed E-state index contributed by atoms with van der Waals surface area (Å²) in [6.07, 6.45) is 2.99. The number of aryl methyl sites for hydroxylation is 4. The molecule has 0 bridgehead atoms. The summed E-state index contributed by atoms with van der Waals surface area (Å²) in [6, 6.07) is 10.7. The van der Waals surface area contributed by atoms with E-state index in [0.717, 1.165) is 35.1 Å². The molecule has 0 aliphatic rings. The summed E-state index contributed by atoms with van der Waals surface area (Å²) in [7, 11) is 0. The molecule has 0 aromatic heterocycles. The topological polar surface area (TPSA) is 74.6 Å². The zero-order valence-electron chi connectivity index (χ0n) is 14.0. The summed E-state index contributed by atoms with van der Waals surface area (Å²) < 4.78 is 0. The second kappa shape index (κ2) is 7.77. The predicted molar refractivity (Wildman–Crippen MR) is 92.9 cm³/mol. The maximum atomic E-state index is 11.3. The van der Waals surface area contributed by atoms with Crippen LogP contribution in [-0.4, -0.2) is 22.2 Å². The Kier molecular flexibility index (Phi) is 5.74. The van der Waals surface area contributed by atoms with Crippen molar-refractivity contribution >= 4 is 11.9 Å². The highest BCUT2D eigenvalue weighted by molar-refractivity contribution is 5.90. The number of rotatable bonds is 7. The zero-order valence-corrected chi connectivity index (χ0v) is 14.0. The van der Waals surface area contributed by atoms with Crippen LogP contribution in [0.1, 0.15) is 55.8 Å². The van der Waals surface area contributed by atoms with Gasteiger partial charge in [0, 0.05) is 0 Å². The van der Waals surface area contributed by atoms with Crippen LogP contribution in [0.4, 0.5) is 0 Å². The first kappa shape index (κ1) is 17.7. The number of hydrogen-bond donors (Lipinski definition) is 2. The van der Waals surface area contributed by atoms with Crippen LogP contribution >= 0.6 is 0 Å². The standard InChI is InChI=1S/C20H22O4/c1-13-7-9-17(19(21)22)15(11-13)5-3-4-6-16-12-14(2)8-10-18(16)20(23)24/h7-12H,3-6H2,1-2H3,(H,21,22)(H,23,24). The lowest BCUT2D eigenvalue weighted by Gasteiger charge is -2.09. The van der Waals surface area contributed by atoms with Gasteiger partial charge in [-0.2, -0.15) is 0 Å². The molecule has 0 heterocycles. The van der Waals surface area contributed by atoms with Crippen LogP contribution in [0.25, 0.3) is 0 Å². The fourth-order valence-corrected chi connectivity index (χ4v) is 2.91. The van der Waals surface area contributed by atoms with Gasteiger partial charge in [0.1, 0.15) is 0 Å². The van der Waals surface area contributed by atoms with Gasteiger partial charge in [0.15, 0.2) is 0 Å². The molecule has 0 amide bonds. The van der Waals surface area contributed by atoms with Gasteiger partial charge in [0.25, 0.3) is 0 Å². The Labute approximate surface area is 141 Å². The van der Waals surface area contributed by atoms with Crippen molar-refractivity contribution in [2.24, 2.45) is 0 Å². The third kappa shape index (κ3) is 4.44. The van der Waals surface area contributed by atoms with Crippen molar-refractivity contribution in [1.82, 2.24) is 0 Å². The normalized spacial score (nSPS) is 10.6. The first-order valence-electron chi connectivity index (χ1n) is 8.04. The summed E-state index contributed by atoms with van der Waals surface area (Å²) in [5.74, 6) is -1.81. The highest BCUT2D eigenvalue weighted by Crippen LogP contribution is 2.18. The predicted octanol–water partition coefficient (Wildman–Crippen LogP) is 4.27. The van der Waals surface area contributed by atoms with Crippen molar-refractivity contribution < 1.29 is 19.8 Å². The van der Waals surface area contributed by atoms with Crippen molar-refractivity contribution in [3.63, 3.8) is 0 Å². The molecular formula is C20H22O4. The minimum atomic E-state index is -0.906. The molecule has 4 nitrogen and oxygen atoms in total. The molecule has 0 fully saturated rings. The van der Waals surface area contributed by atoms with Gasteiger partial charge >= 0.3 is 11.9 Å². The van der Waals surface area contributed by atoms with E-state index in [1.807, 2.05) is 26.0 Å². The summed E-state index contributed by atoms with van der Waals surface area (Å²) in [4.78, 5) is 22.6. The Balaban J connectivity index is 2.02. The average Bonchev–Trinajstić information content (AvgIpc) is 2.51. The van der Waals surface area contributed by atoms with E-state index in [-0.39, 0.29) is 0 Å². The Morgan fingerprint density at radius 2 is 1.12 bits per heavy atom. The van der Waals surface area contributed by atoms with E-state index in [0.29, 0.717) is 24.0 Å². The minimum absolute atomic E-state index is 0.349. The summed E-state index contributed by atoms with van der Waals surface area (Å²) in [6.45, 7) is 3.89. The molecule has 2 aromatic rings. The van der Waals surface area contributed by atoms with Gasteiger partial charge in [-0.1, -0.05) is 35.4 Å². The van der Waals surface area contributed by atoms with Crippen LogP contribution < -0.4 is 0 Å². The fourth-order valence-electron chi connectivity index (χ4n) is 2.91. The molecule has 2 aromatic carbocycles. The molecule has 0 saturated carbocycles. The van der Waals surface area contributed by atoms with Gasteiger partial charge in [0.2, 0.25) is 0 Å². The third-order valence-electron chi connectivity index (χ3n) is 4.12. The lowest BCUT2D eigenvalue weighted by atomic mass is 9.96. The van der Waals surface area contributed by atoms with Gasteiger partial charge in [-0.3, -0.25) is 0 Å². The fraction of sp³-hybridized carbons (Fsp3) is 0.300. The molecule has 0 atom stereocenters. The maximum Gasteiger partial charge on any atom is 0.335 e. The number of carbonyl (C=O) groups is 2. The second-order valence-electron chi connectivity index (χ2n) is 6.14. The Morgan fingerprint density at radius 1 is 0.750 bits per heavy atom. The zero-order chi connectivity index (χ0) is 17.7. The Morgan fingerprint density at radius 3 is 1.46 bits per heavy atom. The van der Waals surface area contributed by atoms with Crippen LogP contribution in [0, 0.1) is 13.8 Å². The van der Waals surface area contributed by atoms with E-state index < -0.39 is 11.9 Å². The quantitative estimate of drug-likeness (QED) is 0.745. The van der Waals surface area contributed by atoms with Crippen LogP contribution in [0.15, 0.2) is 36.4 Å². The smallest absolute Gasteiger partial charge is 0.335 e. The molecule has 2 N–H and O–H groups in total. The number of aromatic carboxylic acids is 2. The van der Waals surface area contributed by atoms with Gasteiger partial charge in [-0.05, 0) is 62.8 Å². The monoisotopic (exact) mass is 326 g/mol. The SMILES string of the molecule is Cc1ccc(C(=O)O)c(CCCCc2cc(C)ccc2C(=O)O)c1. The lowest BCUT2D eigenvalue weighted by Crippen LogP contribution is -2.05. The number of hydrogen-bond acceptors (Lipinski definition) is 2. The van der Waals surface area contributed by atoms with Crippen molar-refractivity contribution in [2.45, 2.75) is 39.5 Å². The molecule has 0 aliphatic heterocycles. The molecule has 2 rings (SSSR count). The molecule has 24 heavy (non-hydrogen) atoms. The first-order chi connectivity index (χ1) is 11.4. The molecule has 0 spiro atoms. The van der Waals surface area contributed by atoms with Gasteiger partial charge in [0.05, 0.1) is 11.1 Å². The highest BCUT2D eigenvalue weighted by Gasteiger charge is 2.11. The number of benzene rings is 2. The van der Waals surface area contributed by atoms with Crippen molar-refractivity contribution in [1.29, 1.82) is 0 Å². The molecule has 0 unspecified atom stereocenters. The first-order valence-corrected chi connectivity index (χ1v) is 8.04. The largest absolute Gasteiger partial charge is 0.478 e. The van der Waals surface area contributed by atoms with E-state index >= 15 is 0 Å². The molecular weight excluding hydrogens is 304 g/mol. The van der Waals surface area contributed by atoms with E-state index in [1.165, 1.54) is 0 Å². The van der Waals surface area contributed by atoms with Gasteiger partial charge in [-0.15, -0.1) is 0 Å². The maximum absolute atomic E-state index is 11.3. The van der Waals surface area contributed by atoms with E-state index in [9.17, 15) is 19.8 Å².